The van der Waals surface area contributed by atoms with Crippen LogP contribution in [0.1, 0.15) is 24.1 Å². The molecule has 0 unspecified atom stereocenters. The quantitative estimate of drug-likeness (QED) is 0.750. The van der Waals surface area contributed by atoms with Crippen LogP contribution in [-0.2, 0) is 10.2 Å². The number of aromatic nitrogens is 1. The first-order valence-corrected chi connectivity index (χ1v) is 8.87. The van der Waals surface area contributed by atoms with E-state index in [-0.39, 0.29) is 12.7 Å². The summed E-state index contributed by atoms with van der Waals surface area (Å²) in [5, 5.41) is 16.2. The van der Waals surface area contributed by atoms with Crippen molar-refractivity contribution in [2.75, 3.05) is 12.1 Å². The largest absolute Gasteiger partial charge is 0.454 e. The van der Waals surface area contributed by atoms with Crippen LogP contribution < -0.4 is 14.8 Å². The van der Waals surface area contributed by atoms with Gasteiger partial charge in [0.05, 0.1) is 22.4 Å². The highest BCUT2D eigenvalue weighted by Crippen LogP contribution is 2.49. The number of carbonyl (C=O) groups is 1. The third kappa shape index (κ3) is 2.58. The lowest BCUT2D eigenvalue weighted by Gasteiger charge is -2.13. The van der Waals surface area contributed by atoms with E-state index in [2.05, 4.69) is 16.5 Å². The van der Waals surface area contributed by atoms with Gasteiger partial charge in [-0.2, -0.15) is 5.26 Å². The Balaban J connectivity index is 1.41. The van der Waals surface area contributed by atoms with Crippen molar-refractivity contribution in [2.45, 2.75) is 18.3 Å². The zero-order valence-corrected chi connectivity index (χ0v) is 14.8. The van der Waals surface area contributed by atoms with Crippen LogP contribution in [0.4, 0.5) is 5.69 Å². The molecule has 1 saturated carbocycles. The van der Waals surface area contributed by atoms with Gasteiger partial charge in [0.25, 0.3) is 0 Å². The van der Waals surface area contributed by atoms with E-state index in [1.807, 2.05) is 18.2 Å². The van der Waals surface area contributed by atoms with Gasteiger partial charge in [-0.25, -0.2) is 0 Å². The van der Waals surface area contributed by atoms with E-state index in [9.17, 15) is 10.1 Å². The molecule has 28 heavy (non-hydrogen) atoms. The Hall–Kier alpha value is -3.79. The number of carbonyl (C=O) groups excluding carboxylic acids is 1. The molecule has 0 spiro atoms. The number of ether oxygens (including phenoxy) is 2. The Kier molecular flexibility index (Phi) is 3.59. The highest BCUT2D eigenvalue weighted by atomic mass is 16.7. The normalized spacial score (nSPS) is 15.7. The number of nitriles is 1. The maximum Gasteiger partial charge on any atom is 0.236 e. The molecule has 2 aromatic carbocycles. The number of anilines is 1. The lowest BCUT2D eigenvalue weighted by atomic mass is 9.99. The van der Waals surface area contributed by atoms with Gasteiger partial charge in [-0.1, -0.05) is 17.3 Å². The number of hydrogen-bond donors (Lipinski definition) is 1. The molecule has 138 valence electrons. The van der Waals surface area contributed by atoms with E-state index >= 15 is 0 Å². The number of benzene rings is 2. The van der Waals surface area contributed by atoms with E-state index < -0.39 is 5.41 Å². The fraction of sp³-hybridized carbons (Fsp3) is 0.190. The number of amides is 1. The first kappa shape index (κ1) is 16.4. The van der Waals surface area contributed by atoms with E-state index in [1.165, 1.54) is 0 Å². The number of rotatable bonds is 4. The van der Waals surface area contributed by atoms with Crippen molar-refractivity contribution in [3.05, 3.63) is 59.8 Å². The lowest BCUT2D eigenvalue weighted by molar-refractivity contribution is -0.118. The van der Waals surface area contributed by atoms with Gasteiger partial charge in [0.2, 0.25) is 12.7 Å². The van der Waals surface area contributed by atoms with Crippen molar-refractivity contribution in [1.82, 2.24) is 5.16 Å². The van der Waals surface area contributed by atoms with Gasteiger partial charge in [0.1, 0.15) is 6.07 Å². The Morgan fingerprint density at radius 1 is 1.11 bits per heavy atom. The maximum atomic E-state index is 12.9. The van der Waals surface area contributed by atoms with E-state index in [1.54, 1.807) is 30.3 Å². The molecule has 0 atom stereocenters. The topological polar surface area (TPSA) is 97.4 Å². The van der Waals surface area contributed by atoms with Crippen molar-refractivity contribution >= 4 is 11.6 Å². The smallest absolute Gasteiger partial charge is 0.236 e. The third-order valence-electron chi connectivity index (χ3n) is 5.14. The average Bonchev–Trinajstić information content (AvgIpc) is 3.15. The number of para-hydroxylation sites is 1. The van der Waals surface area contributed by atoms with Gasteiger partial charge in [-0.3, -0.25) is 4.79 Å². The van der Waals surface area contributed by atoms with Crippen molar-refractivity contribution in [3.63, 3.8) is 0 Å². The molecule has 1 N–H and O–H groups in total. The first-order valence-electron chi connectivity index (χ1n) is 8.87. The van der Waals surface area contributed by atoms with Gasteiger partial charge < -0.3 is 19.3 Å². The summed E-state index contributed by atoms with van der Waals surface area (Å²) in [6.07, 6.45) is 1.36. The molecule has 1 amide bonds. The second kappa shape index (κ2) is 6.13. The first-order chi connectivity index (χ1) is 13.7. The summed E-state index contributed by atoms with van der Waals surface area (Å²) in [4.78, 5) is 12.9. The molecule has 0 radical (unpaired) electrons. The van der Waals surface area contributed by atoms with Crippen molar-refractivity contribution in [1.29, 1.82) is 5.26 Å². The van der Waals surface area contributed by atoms with Crippen LogP contribution in [0.3, 0.4) is 0 Å². The lowest BCUT2D eigenvalue weighted by Crippen LogP contribution is -2.28. The summed E-state index contributed by atoms with van der Waals surface area (Å²) in [7, 11) is 0. The zero-order valence-electron chi connectivity index (χ0n) is 14.8. The van der Waals surface area contributed by atoms with Crippen LogP contribution in [0.25, 0.3) is 11.3 Å². The second-order valence-corrected chi connectivity index (χ2v) is 6.84. The molecule has 0 saturated heterocycles. The molecule has 2 aliphatic rings. The molecule has 7 heteroatoms. The van der Waals surface area contributed by atoms with Crippen LogP contribution in [0, 0.1) is 11.3 Å². The minimum Gasteiger partial charge on any atom is -0.454 e. The van der Waals surface area contributed by atoms with E-state index in [4.69, 9.17) is 14.0 Å². The van der Waals surface area contributed by atoms with Crippen LogP contribution in [0.2, 0.25) is 0 Å². The zero-order chi connectivity index (χ0) is 19.1. The van der Waals surface area contributed by atoms with Crippen molar-refractivity contribution in [2.24, 2.45) is 0 Å². The highest BCUT2D eigenvalue weighted by molar-refractivity contribution is 6.02. The van der Waals surface area contributed by atoms with Gasteiger partial charge >= 0.3 is 0 Å². The van der Waals surface area contributed by atoms with Crippen LogP contribution in [0.15, 0.2) is 53.1 Å². The highest BCUT2D eigenvalue weighted by Gasteiger charge is 2.54. The fourth-order valence-electron chi connectivity index (χ4n) is 3.34. The fourth-order valence-corrected chi connectivity index (χ4v) is 3.34. The summed E-state index contributed by atoms with van der Waals surface area (Å²) < 4.78 is 16.2. The predicted octanol–water partition coefficient (Wildman–Crippen LogP) is 3.61. The van der Waals surface area contributed by atoms with E-state index in [0.29, 0.717) is 47.0 Å². The summed E-state index contributed by atoms with van der Waals surface area (Å²) in [5.74, 6) is 1.73. The number of hydrogen-bond acceptors (Lipinski definition) is 6. The number of fused-ring (bicyclic) bond motifs is 1. The molecule has 2 heterocycles. The molecular weight excluding hydrogens is 358 g/mol. The Bertz CT molecular complexity index is 1120. The molecule has 3 aromatic rings. The van der Waals surface area contributed by atoms with Gasteiger partial charge in [0.15, 0.2) is 17.3 Å². The summed E-state index contributed by atoms with van der Waals surface area (Å²) in [6.45, 7) is 0.202. The van der Waals surface area contributed by atoms with Crippen LogP contribution in [0.5, 0.6) is 11.5 Å². The van der Waals surface area contributed by atoms with E-state index in [0.717, 1.165) is 5.56 Å². The second-order valence-electron chi connectivity index (χ2n) is 6.84. The minimum atomic E-state index is -0.722. The standard InChI is InChI=1S/C21H15N3O4/c22-11-14-3-1-2-4-15(14)23-20(25)21(7-8-21)19-10-17(28-24-19)13-5-6-16-18(9-13)27-12-26-16/h1-6,9-10H,7-8,12H2,(H,23,25). The Morgan fingerprint density at radius 2 is 1.93 bits per heavy atom. The van der Waals surface area contributed by atoms with Crippen LogP contribution in [-0.4, -0.2) is 17.9 Å². The summed E-state index contributed by atoms with van der Waals surface area (Å²) in [6, 6.07) is 16.3. The number of nitrogens with one attached hydrogen (secondary N) is 1. The monoisotopic (exact) mass is 373 g/mol. The Labute approximate surface area is 160 Å². The molecule has 7 nitrogen and oxygen atoms in total. The SMILES string of the molecule is N#Cc1ccccc1NC(=O)C1(c2cc(-c3ccc4c(c3)OCO4)on2)CC1. The number of nitrogens with zero attached hydrogens (tertiary/aromatic N) is 2. The molecule has 1 fully saturated rings. The van der Waals surface area contributed by atoms with Crippen LogP contribution >= 0.6 is 0 Å². The molecule has 1 aliphatic carbocycles. The average molecular weight is 373 g/mol. The molecule has 1 aliphatic heterocycles. The minimum absolute atomic E-state index is 0.180. The Morgan fingerprint density at radius 3 is 2.75 bits per heavy atom. The summed E-state index contributed by atoms with van der Waals surface area (Å²) >= 11 is 0. The van der Waals surface area contributed by atoms with Gasteiger partial charge in [0, 0.05) is 11.6 Å². The molecular formula is C21H15N3O4. The molecule has 0 bridgehead atoms. The van der Waals surface area contributed by atoms with Gasteiger partial charge in [-0.15, -0.1) is 0 Å². The van der Waals surface area contributed by atoms with Crippen molar-refractivity contribution in [3.8, 4) is 28.9 Å². The van der Waals surface area contributed by atoms with Gasteiger partial charge in [-0.05, 0) is 43.2 Å². The third-order valence-corrected chi connectivity index (χ3v) is 5.14. The predicted molar refractivity (Wildman–Crippen MR) is 98.8 cm³/mol. The summed E-state index contributed by atoms with van der Waals surface area (Å²) in [5.41, 5.74) is 1.59. The maximum absolute atomic E-state index is 12.9. The van der Waals surface area contributed by atoms with Crippen molar-refractivity contribution < 1.29 is 18.8 Å². The molecule has 1 aromatic heterocycles. The molecule has 5 rings (SSSR count).